The Bertz CT molecular complexity index is 341. The zero-order chi connectivity index (χ0) is 10.6. The number of anilines is 1. The average Bonchev–Trinajstić information content (AvgIpc) is 2.14. The Morgan fingerprint density at radius 1 is 1.50 bits per heavy atom. The van der Waals surface area contributed by atoms with E-state index in [-0.39, 0.29) is 5.91 Å². The maximum Gasteiger partial charge on any atom is 0.253 e. The summed E-state index contributed by atoms with van der Waals surface area (Å²) in [6, 6.07) is 5.14. The van der Waals surface area contributed by atoms with Gasteiger partial charge in [0.15, 0.2) is 0 Å². The van der Waals surface area contributed by atoms with Crippen LogP contribution in [0.1, 0.15) is 10.4 Å². The third kappa shape index (κ3) is 2.71. The lowest BCUT2D eigenvalue weighted by atomic mass is 10.1. The fraction of sp³-hybridized carbons (Fsp3) is 0.222. The summed E-state index contributed by atoms with van der Waals surface area (Å²) in [6.45, 7) is 0.872. The Morgan fingerprint density at radius 3 is 2.79 bits per heavy atom. The van der Waals surface area contributed by atoms with Gasteiger partial charge in [0.25, 0.3) is 5.91 Å². The molecule has 14 heavy (non-hydrogen) atoms. The van der Waals surface area contributed by atoms with E-state index in [9.17, 15) is 4.79 Å². The standard InChI is InChI=1S/C9H12BrN3O/c10-6-1-2-7(8(12)5-6)9(14)13-4-3-11/h1-2,5H,3-4,11-12H2,(H,13,14). The lowest BCUT2D eigenvalue weighted by Crippen LogP contribution is -2.29. The molecule has 0 radical (unpaired) electrons. The molecule has 1 aromatic rings. The highest BCUT2D eigenvalue weighted by atomic mass is 79.9. The molecule has 0 unspecified atom stereocenters. The number of halogens is 1. The molecule has 0 bridgehead atoms. The van der Waals surface area contributed by atoms with Crippen molar-refractivity contribution in [1.29, 1.82) is 0 Å². The lowest BCUT2D eigenvalue weighted by molar-refractivity contribution is 0.0955. The van der Waals surface area contributed by atoms with Crippen LogP contribution in [0.2, 0.25) is 0 Å². The first kappa shape index (κ1) is 11.0. The van der Waals surface area contributed by atoms with Gasteiger partial charge in [-0.15, -0.1) is 0 Å². The molecule has 0 heterocycles. The zero-order valence-electron chi connectivity index (χ0n) is 7.59. The number of nitrogen functional groups attached to an aromatic ring is 1. The Balaban J connectivity index is 2.80. The first-order valence-corrected chi connectivity index (χ1v) is 4.97. The van der Waals surface area contributed by atoms with Crippen LogP contribution in [-0.4, -0.2) is 19.0 Å². The molecule has 0 spiro atoms. The molecule has 4 nitrogen and oxygen atoms in total. The third-order valence-corrected chi connectivity index (χ3v) is 2.18. The van der Waals surface area contributed by atoms with Crippen molar-refractivity contribution in [2.75, 3.05) is 18.8 Å². The van der Waals surface area contributed by atoms with Gasteiger partial charge in [-0.3, -0.25) is 4.79 Å². The highest BCUT2D eigenvalue weighted by molar-refractivity contribution is 9.10. The highest BCUT2D eigenvalue weighted by Gasteiger charge is 2.08. The second-order valence-corrected chi connectivity index (χ2v) is 3.69. The Morgan fingerprint density at radius 2 is 2.21 bits per heavy atom. The molecule has 1 rings (SSSR count). The number of nitrogens with two attached hydrogens (primary N) is 2. The summed E-state index contributed by atoms with van der Waals surface area (Å²) >= 11 is 3.27. The van der Waals surface area contributed by atoms with Crippen LogP contribution in [-0.2, 0) is 0 Å². The first-order chi connectivity index (χ1) is 6.65. The van der Waals surface area contributed by atoms with Gasteiger partial charge < -0.3 is 16.8 Å². The molecule has 1 aromatic carbocycles. The van der Waals surface area contributed by atoms with Crippen molar-refractivity contribution in [1.82, 2.24) is 5.32 Å². The largest absolute Gasteiger partial charge is 0.398 e. The van der Waals surface area contributed by atoms with Gasteiger partial charge in [-0.05, 0) is 18.2 Å². The molecule has 0 aromatic heterocycles. The molecule has 0 saturated carbocycles. The number of hydrogen-bond acceptors (Lipinski definition) is 3. The average molecular weight is 258 g/mol. The predicted octanol–water partition coefficient (Wildman–Crippen LogP) is 0.720. The third-order valence-electron chi connectivity index (χ3n) is 1.69. The van der Waals surface area contributed by atoms with Gasteiger partial charge in [0.05, 0.1) is 5.56 Å². The minimum atomic E-state index is -0.194. The van der Waals surface area contributed by atoms with E-state index in [0.29, 0.717) is 24.3 Å². The van der Waals surface area contributed by atoms with E-state index >= 15 is 0 Å². The molecular weight excluding hydrogens is 246 g/mol. The van der Waals surface area contributed by atoms with Gasteiger partial charge in [-0.2, -0.15) is 0 Å². The number of benzene rings is 1. The van der Waals surface area contributed by atoms with Crippen LogP contribution in [0.5, 0.6) is 0 Å². The van der Waals surface area contributed by atoms with Gasteiger partial charge in [-0.1, -0.05) is 15.9 Å². The van der Waals surface area contributed by atoms with Crippen molar-refractivity contribution in [2.45, 2.75) is 0 Å². The zero-order valence-corrected chi connectivity index (χ0v) is 9.17. The monoisotopic (exact) mass is 257 g/mol. The molecule has 0 aliphatic rings. The fourth-order valence-corrected chi connectivity index (χ4v) is 1.40. The van der Waals surface area contributed by atoms with Gasteiger partial charge >= 0.3 is 0 Å². The lowest BCUT2D eigenvalue weighted by Gasteiger charge is -2.06. The van der Waals surface area contributed by atoms with Crippen molar-refractivity contribution in [3.63, 3.8) is 0 Å². The Kier molecular flexibility index (Phi) is 3.91. The topological polar surface area (TPSA) is 81.1 Å². The van der Waals surface area contributed by atoms with E-state index in [4.69, 9.17) is 11.5 Å². The number of carbonyl (C=O) groups is 1. The fourth-order valence-electron chi connectivity index (χ4n) is 1.02. The SMILES string of the molecule is NCCNC(=O)c1ccc(Br)cc1N. The maximum absolute atomic E-state index is 11.5. The molecule has 0 atom stereocenters. The van der Waals surface area contributed by atoms with Crippen molar-refractivity contribution in [2.24, 2.45) is 5.73 Å². The summed E-state index contributed by atoms with van der Waals surface area (Å²) in [6.07, 6.45) is 0. The van der Waals surface area contributed by atoms with E-state index in [1.165, 1.54) is 0 Å². The van der Waals surface area contributed by atoms with Gasteiger partial charge in [0.1, 0.15) is 0 Å². The van der Waals surface area contributed by atoms with Crippen LogP contribution in [0.25, 0.3) is 0 Å². The Hall–Kier alpha value is -1.07. The number of nitrogens with one attached hydrogen (secondary N) is 1. The summed E-state index contributed by atoms with van der Waals surface area (Å²) in [5.74, 6) is -0.194. The molecule has 5 heteroatoms. The normalized spacial score (nSPS) is 9.86. The van der Waals surface area contributed by atoms with Crippen molar-refractivity contribution in [3.8, 4) is 0 Å². The van der Waals surface area contributed by atoms with Crippen molar-refractivity contribution in [3.05, 3.63) is 28.2 Å². The second kappa shape index (κ2) is 4.97. The van der Waals surface area contributed by atoms with E-state index in [2.05, 4.69) is 21.2 Å². The first-order valence-electron chi connectivity index (χ1n) is 4.18. The molecule has 0 aliphatic heterocycles. The van der Waals surface area contributed by atoms with Crippen LogP contribution >= 0.6 is 15.9 Å². The summed E-state index contributed by atoms with van der Waals surface area (Å²) in [4.78, 5) is 11.5. The van der Waals surface area contributed by atoms with Crippen molar-refractivity contribution >= 4 is 27.5 Å². The quantitative estimate of drug-likeness (QED) is 0.699. The number of carbonyl (C=O) groups excluding carboxylic acids is 1. The summed E-state index contributed by atoms with van der Waals surface area (Å²) in [5.41, 5.74) is 11.9. The Labute approximate surface area is 90.8 Å². The minimum Gasteiger partial charge on any atom is -0.398 e. The highest BCUT2D eigenvalue weighted by Crippen LogP contribution is 2.18. The summed E-state index contributed by atoms with van der Waals surface area (Å²) < 4.78 is 0.852. The molecule has 0 aliphatic carbocycles. The van der Waals surface area contributed by atoms with E-state index in [1.54, 1.807) is 18.2 Å². The van der Waals surface area contributed by atoms with Crippen molar-refractivity contribution < 1.29 is 4.79 Å². The summed E-state index contributed by atoms with van der Waals surface area (Å²) in [5, 5.41) is 2.65. The van der Waals surface area contributed by atoms with Gasteiger partial charge in [0, 0.05) is 23.2 Å². The van der Waals surface area contributed by atoms with Crippen LogP contribution in [0.3, 0.4) is 0 Å². The molecule has 0 saturated heterocycles. The van der Waals surface area contributed by atoms with Gasteiger partial charge in [-0.25, -0.2) is 0 Å². The van der Waals surface area contributed by atoms with Crippen LogP contribution in [0, 0.1) is 0 Å². The molecule has 1 amide bonds. The predicted molar refractivity (Wildman–Crippen MR) is 59.9 cm³/mol. The van der Waals surface area contributed by atoms with Crippen LogP contribution in [0.15, 0.2) is 22.7 Å². The van der Waals surface area contributed by atoms with E-state index in [1.807, 2.05) is 0 Å². The molecule has 76 valence electrons. The number of rotatable bonds is 3. The van der Waals surface area contributed by atoms with Gasteiger partial charge in [0.2, 0.25) is 0 Å². The minimum absolute atomic E-state index is 0.194. The molecular formula is C9H12BrN3O. The summed E-state index contributed by atoms with van der Waals surface area (Å²) in [7, 11) is 0. The molecule has 5 N–H and O–H groups in total. The second-order valence-electron chi connectivity index (χ2n) is 2.78. The van der Waals surface area contributed by atoms with E-state index < -0.39 is 0 Å². The number of hydrogen-bond donors (Lipinski definition) is 3. The van der Waals surface area contributed by atoms with Crippen LogP contribution in [0.4, 0.5) is 5.69 Å². The maximum atomic E-state index is 11.5. The van der Waals surface area contributed by atoms with Crippen LogP contribution < -0.4 is 16.8 Å². The number of amides is 1. The van der Waals surface area contributed by atoms with E-state index in [0.717, 1.165) is 4.47 Å². The molecule has 0 fully saturated rings. The smallest absolute Gasteiger partial charge is 0.253 e.